The Kier molecular flexibility index (Phi) is 5.31. The molecule has 4 nitrogen and oxygen atoms in total. The maximum atomic E-state index is 11.7. The molecule has 4 heteroatoms. The van der Waals surface area contributed by atoms with Crippen molar-refractivity contribution in [3.05, 3.63) is 78.4 Å². The standard InChI is InChI=1S/C19H18O4/c1-3-16(14-9-5-4-6-10-14)23-17-12-8-7-11-15(17)18(13(2)20)19(21)22/h3-12,16,18H,1H2,2H3,(H,21,22). The second kappa shape index (κ2) is 7.40. The van der Waals surface area contributed by atoms with E-state index in [1.165, 1.54) is 6.92 Å². The lowest BCUT2D eigenvalue weighted by molar-refractivity contribution is -0.142. The van der Waals surface area contributed by atoms with Gasteiger partial charge in [-0.3, -0.25) is 9.59 Å². The van der Waals surface area contributed by atoms with Gasteiger partial charge < -0.3 is 9.84 Å². The summed E-state index contributed by atoms with van der Waals surface area (Å²) in [5.74, 6) is -2.51. The molecule has 0 saturated heterocycles. The maximum absolute atomic E-state index is 11.7. The van der Waals surface area contributed by atoms with Gasteiger partial charge in [-0.05, 0) is 24.6 Å². The summed E-state index contributed by atoms with van der Waals surface area (Å²) in [4.78, 5) is 23.1. The molecule has 0 bridgehead atoms. The number of ether oxygens (including phenoxy) is 1. The first-order valence-electron chi connectivity index (χ1n) is 7.21. The van der Waals surface area contributed by atoms with Gasteiger partial charge in [0.05, 0.1) is 0 Å². The van der Waals surface area contributed by atoms with Crippen LogP contribution in [-0.2, 0) is 9.59 Å². The Morgan fingerprint density at radius 2 is 1.70 bits per heavy atom. The maximum Gasteiger partial charge on any atom is 0.318 e. The molecule has 0 fully saturated rings. The van der Waals surface area contributed by atoms with E-state index in [1.54, 1.807) is 30.3 Å². The van der Waals surface area contributed by atoms with Gasteiger partial charge in [-0.15, -0.1) is 0 Å². The van der Waals surface area contributed by atoms with Gasteiger partial charge in [-0.1, -0.05) is 55.1 Å². The molecule has 2 rings (SSSR count). The van der Waals surface area contributed by atoms with Crippen molar-refractivity contribution in [3.63, 3.8) is 0 Å². The number of carboxylic acids is 1. The number of carbonyl (C=O) groups excluding carboxylic acids is 1. The minimum Gasteiger partial charge on any atom is -0.481 e. The summed E-state index contributed by atoms with van der Waals surface area (Å²) in [5, 5.41) is 9.33. The van der Waals surface area contributed by atoms with Crippen molar-refractivity contribution in [1.82, 2.24) is 0 Å². The van der Waals surface area contributed by atoms with E-state index in [9.17, 15) is 14.7 Å². The highest BCUT2D eigenvalue weighted by atomic mass is 16.5. The molecule has 0 amide bonds. The van der Waals surface area contributed by atoms with E-state index < -0.39 is 23.8 Å². The first-order valence-corrected chi connectivity index (χ1v) is 7.21. The summed E-state index contributed by atoms with van der Waals surface area (Å²) >= 11 is 0. The second-order valence-electron chi connectivity index (χ2n) is 5.10. The van der Waals surface area contributed by atoms with E-state index in [2.05, 4.69) is 6.58 Å². The van der Waals surface area contributed by atoms with E-state index in [0.29, 0.717) is 11.3 Å². The van der Waals surface area contributed by atoms with Crippen molar-refractivity contribution in [1.29, 1.82) is 0 Å². The van der Waals surface area contributed by atoms with Crippen LogP contribution in [0.5, 0.6) is 5.75 Å². The monoisotopic (exact) mass is 310 g/mol. The molecule has 0 heterocycles. The summed E-state index contributed by atoms with van der Waals surface area (Å²) < 4.78 is 5.93. The molecule has 23 heavy (non-hydrogen) atoms. The minimum atomic E-state index is -1.24. The van der Waals surface area contributed by atoms with Crippen molar-refractivity contribution in [2.45, 2.75) is 18.9 Å². The van der Waals surface area contributed by atoms with E-state index in [1.807, 2.05) is 30.3 Å². The van der Waals surface area contributed by atoms with Crippen molar-refractivity contribution in [2.75, 3.05) is 0 Å². The number of Topliss-reactive ketones (excluding diaryl/α,β-unsaturated/α-hetero) is 1. The number of carboxylic acid groups (broad SMARTS) is 1. The smallest absolute Gasteiger partial charge is 0.318 e. The molecule has 1 N–H and O–H groups in total. The number of aliphatic carboxylic acids is 1. The molecule has 0 saturated carbocycles. The highest BCUT2D eigenvalue weighted by Gasteiger charge is 2.28. The van der Waals surface area contributed by atoms with Crippen molar-refractivity contribution in [2.24, 2.45) is 0 Å². The Bertz CT molecular complexity index is 692. The Balaban J connectivity index is 2.38. The van der Waals surface area contributed by atoms with Crippen LogP contribution in [0, 0.1) is 0 Å². The fourth-order valence-corrected chi connectivity index (χ4v) is 2.38. The van der Waals surface area contributed by atoms with Crippen molar-refractivity contribution >= 4 is 11.8 Å². The largest absolute Gasteiger partial charge is 0.481 e. The third-order valence-electron chi connectivity index (χ3n) is 3.48. The van der Waals surface area contributed by atoms with Crippen molar-refractivity contribution in [3.8, 4) is 5.75 Å². The average Bonchev–Trinajstić information content (AvgIpc) is 2.54. The van der Waals surface area contributed by atoms with Gasteiger partial charge in [0, 0.05) is 5.56 Å². The van der Waals surface area contributed by atoms with Crippen LogP contribution < -0.4 is 4.74 Å². The van der Waals surface area contributed by atoms with Crippen molar-refractivity contribution < 1.29 is 19.4 Å². The van der Waals surface area contributed by atoms with Crippen LogP contribution in [0.1, 0.15) is 30.1 Å². The summed E-state index contributed by atoms with van der Waals surface area (Å²) in [6, 6.07) is 16.1. The van der Waals surface area contributed by atoms with Crippen LogP contribution in [0.3, 0.4) is 0 Å². The zero-order chi connectivity index (χ0) is 16.8. The number of benzene rings is 2. The molecule has 2 atom stereocenters. The molecular formula is C19H18O4. The van der Waals surface area contributed by atoms with Crippen LogP contribution in [0.2, 0.25) is 0 Å². The van der Waals surface area contributed by atoms with Gasteiger partial charge in [0.1, 0.15) is 23.6 Å². The number of rotatable bonds is 7. The summed E-state index contributed by atoms with van der Waals surface area (Å²) in [6.07, 6.45) is 1.20. The lowest BCUT2D eigenvalue weighted by atomic mass is 9.94. The van der Waals surface area contributed by atoms with Gasteiger partial charge in [0.25, 0.3) is 0 Å². The fraction of sp³-hybridized carbons (Fsp3) is 0.158. The summed E-state index contributed by atoms with van der Waals surface area (Å²) in [5.41, 5.74) is 1.24. The number of ketones is 1. The normalized spacial score (nSPS) is 12.9. The lowest BCUT2D eigenvalue weighted by Gasteiger charge is -2.20. The highest BCUT2D eigenvalue weighted by molar-refractivity contribution is 6.03. The third kappa shape index (κ3) is 3.86. The molecular weight excluding hydrogens is 292 g/mol. The zero-order valence-electron chi connectivity index (χ0n) is 12.8. The first-order chi connectivity index (χ1) is 11.0. The topological polar surface area (TPSA) is 63.6 Å². The van der Waals surface area contributed by atoms with Gasteiger partial charge in [0.15, 0.2) is 0 Å². The molecule has 2 aromatic rings. The van der Waals surface area contributed by atoms with E-state index in [4.69, 9.17) is 4.74 Å². The molecule has 2 unspecified atom stereocenters. The van der Waals surface area contributed by atoms with Gasteiger partial charge in [-0.25, -0.2) is 0 Å². The molecule has 0 aromatic heterocycles. The predicted octanol–water partition coefficient (Wildman–Crippen LogP) is 3.75. The molecule has 0 aliphatic rings. The fourth-order valence-electron chi connectivity index (χ4n) is 2.38. The summed E-state index contributed by atoms with van der Waals surface area (Å²) in [7, 11) is 0. The molecule has 0 spiro atoms. The second-order valence-corrected chi connectivity index (χ2v) is 5.10. The highest BCUT2D eigenvalue weighted by Crippen LogP contribution is 2.31. The molecule has 118 valence electrons. The van der Waals surface area contributed by atoms with E-state index in [-0.39, 0.29) is 0 Å². The molecule has 2 aromatic carbocycles. The Labute approximate surface area is 135 Å². The van der Waals surface area contributed by atoms with Crippen LogP contribution in [0.15, 0.2) is 67.3 Å². The summed E-state index contributed by atoms with van der Waals surface area (Å²) in [6.45, 7) is 5.03. The predicted molar refractivity (Wildman–Crippen MR) is 87.5 cm³/mol. The number of hydrogen-bond donors (Lipinski definition) is 1. The molecule has 0 radical (unpaired) electrons. The number of para-hydroxylation sites is 1. The molecule has 0 aliphatic carbocycles. The zero-order valence-corrected chi connectivity index (χ0v) is 12.8. The Hall–Kier alpha value is -2.88. The molecule has 0 aliphatic heterocycles. The number of hydrogen-bond acceptors (Lipinski definition) is 3. The van der Waals surface area contributed by atoms with E-state index >= 15 is 0 Å². The minimum absolute atomic E-state index is 0.343. The van der Waals surface area contributed by atoms with E-state index in [0.717, 1.165) is 5.56 Å². The van der Waals surface area contributed by atoms with Crippen LogP contribution in [0.4, 0.5) is 0 Å². The lowest BCUT2D eigenvalue weighted by Crippen LogP contribution is -2.20. The van der Waals surface area contributed by atoms with Gasteiger partial charge in [0.2, 0.25) is 0 Å². The van der Waals surface area contributed by atoms with Crippen LogP contribution >= 0.6 is 0 Å². The average molecular weight is 310 g/mol. The number of carbonyl (C=O) groups is 2. The third-order valence-corrected chi connectivity index (χ3v) is 3.48. The quantitative estimate of drug-likeness (QED) is 0.625. The van der Waals surface area contributed by atoms with Crippen LogP contribution in [-0.4, -0.2) is 16.9 Å². The first kappa shape index (κ1) is 16.5. The van der Waals surface area contributed by atoms with Crippen LogP contribution in [0.25, 0.3) is 0 Å². The Morgan fingerprint density at radius 1 is 1.09 bits per heavy atom. The SMILES string of the molecule is C=CC(Oc1ccccc1C(C(C)=O)C(=O)O)c1ccccc1. The van der Waals surface area contributed by atoms with Gasteiger partial charge >= 0.3 is 5.97 Å². The Morgan fingerprint density at radius 3 is 2.26 bits per heavy atom. The van der Waals surface area contributed by atoms with Gasteiger partial charge in [-0.2, -0.15) is 0 Å².